The Bertz CT molecular complexity index is 1020. The van der Waals surface area contributed by atoms with Crippen LogP contribution in [0.3, 0.4) is 0 Å². The number of ether oxygens (including phenoxy) is 2. The van der Waals surface area contributed by atoms with Crippen LogP contribution in [-0.4, -0.2) is 40.6 Å². The predicted molar refractivity (Wildman–Crippen MR) is 119 cm³/mol. The molecule has 30 heavy (non-hydrogen) atoms. The van der Waals surface area contributed by atoms with Gasteiger partial charge in [0, 0.05) is 18.7 Å². The molecule has 1 amide bonds. The summed E-state index contributed by atoms with van der Waals surface area (Å²) >= 11 is 1.33. The van der Waals surface area contributed by atoms with Crippen LogP contribution in [0.1, 0.15) is 25.3 Å². The first-order valence-electron chi connectivity index (χ1n) is 9.57. The van der Waals surface area contributed by atoms with Crippen molar-refractivity contribution in [3.05, 3.63) is 48.0 Å². The van der Waals surface area contributed by atoms with E-state index in [0.717, 1.165) is 11.4 Å². The van der Waals surface area contributed by atoms with E-state index in [2.05, 4.69) is 53.6 Å². The number of carbonyl (C=O) groups is 1. The van der Waals surface area contributed by atoms with Crippen LogP contribution >= 0.6 is 11.8 Å². The van der Waals surface area contributed by atoms with E-state index in [1.807, 2.05) is 11.6 Å². The van der Waals surface area contributed by atoms with Gasteiger partial charge in [-0.1, -0.05) is 49.9 Å². The maximum absolute atomic E-state index is 12.5. The third-order valence-corrected chi connectivity index (χ3v) is 5.70. The number of hydrogen-bond acceptors (Lipinski definition) is 6. The molecule has 0 unspecified atom stereocenters. The van der Waals surface area contributed by atoms with Gasteiger partial charge in [-0.2, -0.15) is 0 Å². The van der Waals surface area contributed by atoms with Crippen molar-refractivity contribution >= 4 is 23.4 Å². The number of methoxy groups -OCH3 is 2. The molecule has 3 aromatic rings. The lowest BCUT2D eigenvalue weighted by Gasteiger charge is -2.11. The molecule has 0 spiro atoms. The topological polar surface area (TPSA) is 78.3 Å². The molecule has 7 nitrogen and oxygen atoms in total. The van der Waals surface area contributed by atoms with Gasteiger partial charge in [-0.25, -0.2) is 0 Å². The normalized spacial score (nSPS) is 10.9. The SMILES string of the molecule is COc1ccc(OC)c(NC(=O)CSc2nnc(-c3ccc(C(C)C)cc3)n2C)c1. The number of nitrogens with zero attached hydrogens (tertiary/aromatic N) is 3. The van der Waals surface area contributed by atoms with E-state index in [9.17, 15) is 4.79 Å². The molecule has 8 heteroatoms. The van der Waals surface area contributed by atoms with Crippen LogP contribution in [0.2, 0.25) is 0 Å². The average Bonchev–Trinajstić information content (AvgIpc) is 3.12. The number of aromatic nitrogens is 3. The molecule has 3 rings (SSSR count). The molecule has 0 atom stereocenters. The van der Waals surface area contributed by atoms with Gasteiger partial charge in [0.2, 0.25) is 5.91 Å². The summed E-state index contributed by atoms with van der Waals surface area (Å²) in [6.45, 7) is 4.33. The molecule has 0 aliphatic carbocycles. The zero-order chi connectivity index (χ0) is 21.7. The summed E-state index contributed by atoms with van der Waals surface area (Å²) in [4.78, 5) is 12.5. The summed E-state index contributed by atoms with van der Waals surface area (Å²) in [6, 6.07) is 13.6. The third kappa shape index (κ3) is 4.94. The molecule has 0 fully saturated rings. The Hall–Kier alpha value is -3.00. The number of anilines is 1. The van der Waals surface area contributed by atoms with Crippen LogP contribution in [0.25, 0.3) is 11.4 Å². The summed E-state index contributed by atoms with van der Waals surface area (Å²) in [6.07, 6.45) is 0. The van der Waals surface area contributed by atoms with Crippen molar-refractivity contribution in [2.24, 2.45) is 7.05 Å². The maximum atomic E-state index is 12.5. The highest BCUT2D eigenvalue weighted by Gasteiger charge is 2.15. The van der Waals surface area contributed by atoms with Crippen molar-refractivity contribution in [2.45, 2.75) is 24.9 Å². The van der Waals surface area contributed by atoms with Gasteiger partial charge in [0.25, 0.3) is 0 Å². The summed E-state index contributed by atoms with van der Waals surface area (Å²) in [5, 5.41) is 12.1. The lowest BCUT2D eigenvalue weighted by Crippen LogP contribution is -2.15. The van der Waals surface area contributed by atoms with Crippen LogP contribution in [-0.2, 0) is 11.8 Å². The number of carbonyl (C=O) groups excluding carboxylic acids is 1. The standard InChI is InChI=1S/C22H26N4O3S/c1-14(2)15-6-8-16(9-7-15)21-24-25-22(26(21)3)30-13-20(27)23-18-12-17(28-4)10-11-19(18)29-5/h6-12,14H,13H2,1-5H3,(H,23,27). The minimum absolute atomic E-state index is 0.169. The molecule has 1 aromatic heterocycles. The van der Waals surface area contributed by atoms with Crippen LogP contribution in [0.5, 0.6) is 11.5 Å². The highest BCUT2D eigenvalue weighted by molar-refractivity contribution is 7.99. The van der Waals surface area contributed by atoms with Gasteiger partial charge in [-0.15, -0.1) is 10.2 Å². The van der Waals surface area contributed by atoms with Gasteiger partial charge in [0.05, 0.1) is 25.7 Å². The molecule has 0 radical (unpaired) electrons. The zero-order valence-corrected chi connectivity index (χ0v) is 18.6. The van der Waals surface area contributed by atoms with Crippen molar-refractivity contribution in [1.29, 1.82) is 0 Å². The van der Waals surface area contributed by atoms with Crippen LogP contribution in [0.4, 0.5) is 5.69 Å². The van der Waals surface area contributed by atoms with Gasteiger partial charge >= 0.3 is 0 Å². The van der Waals surface area contributed by atoms with Crippen molar-refractivity contribution in [1.82, 2.24) is 14.8 Å². The monoisotopic (exact) mass is 426 g/mol. The molecule has 0 aliphatic heterocycles. The fourth-order valence-electron chi connectivity index (χ4n) is 2.94. The number of hydrogen-bond donors (Lipinski definition) is 1. The summed E-state index contributed by atoms with van der Waals surface area (Å²) in [5.74, 6) is 2.48. The van der Waals surface area contributed by atoms with Crippen molar-refractivity contribution in [3.63, 3.8) is 0 Å². The van der Waals surface area contributed by atoms with Crippen molar-refractivity contribution in [3.8, 4) is 22.9 Å². The number of benzene rings is 2. The lowest BCUT2D eigenvalue weighted by atomic mass is 10.0. The van der Waals surface area contributed by atoms with Gasteiger partial charge in [-0.05, 0) is 23.6 Å². The average molecular weight is 427 g/mol. The Balaban J connectivity index is 1.66. The van der Waals surface area contributed by atoms with E-state index in [-0.39, 0.29) is 11.7 Å². The minimum Gasteiger partial charge on any atom is -0.497 e. The number of thioether (sulfide) groups is 1. The van der Waals surface area contributed by atoms with Gasteiger partial charge < -0.3 is 19.4 Å². The summed E-state index contributed by atoms with van der Waals surface area (Å²) in [7, 11) is 5.03. The second kappa shape index (κ2) is 9.67. The second-order valence-electron chi connectivity index (χ2n) is 7.04. The van der Waals surface area contributed by atoms with E-state index < -0.39 is 0 Å². The molecule has 0 saturated carbocycles. The van der Waals surface area contributed by atoms with E-state index in [1.54, 1.807) is 32.4 Å². The number of rotatable bonds is 8. The quantitative estimate of drug-likeness (QED) is 0.540. The highest BCUT2D eigenvalue weighted by atomic mass is 32.2. The van der Waals surface area contributed by atoms with E-state index in [1.165, 1.54) is 17.3 Å². The van der Waals surface area contributed by atoms with E-state index in [0.29, 0.717) is 28.3 Å². The Morgan fingerprint density at radius 1 is 1.10 bits per heavy atom. The fraction of sp³-hybridized carbons (Fsp3) is 0.318. The zero-order valence-electron chi connectivity index (χ0n) is 17.8. The Morgan fingerprint density at radius 2 is 1.83 bits per heavy atom. The molecule has 1 heterocycles. The predicted octanol–water partition coefficient (Wildman–Crippen LogP) is 4.35. The highest BCUT2D eigenvalue weighted by Crippen LogP contribution is 2.29. The molecule has 0 saturated heterocycles. The first-order valence-corrected chi connectivity index (χ1v) is 10.6. The van der Waals surface area contributed by atoms with E-state index >= 15 is 0 Å². The molecular formula is C22H26N4O3S. The summed E-state index contributed by atoms with van der Waals surface area (Å²) < 4.78 is 12.4. The van der Waals surface area contributed by atoms with Gasteiger partial charge in [0.15, 0.2) is 11.0 Å². The molecule has 158 valence electrons. The first-order chi connectivity index (χ1) is 14.4. The molecule has 1 N–H and O–H groups in total. The lowest BCUT2D eigenvalue weighted by molar-refractivity contribution is -0.113. The van der Waals surface area contributed by atoms with Crippen molar-refractivity contribution in [2.75, 3.05) is 25.3 Å². The van der Waals surface area contributed by atoms with E-state index in [4.69, 9.17) is 9.47 Å². The number of amides is 1. The minimum atomic E-state index is -0.169. The first kappa shape index (κ1) is 21.7. The molecule has 0 bridgehead atoms. The van der Waals surface area contributed by atoms with Crippen LogP contribution < -0.4 is 14.8 Å². The Morgan fingerprint density at radius 3 is 2.47 bits per heavy atom. The molecule has 2 aromatic carbocycles. The Labute approximate surface area is 180 Å². The maximum Gasteiger partial charge on any atom is 0.234 e. The molecule has 0 aliphatic rings. The smallest absolute Gasteiger partial charge is 0.234 e. The van der Waals surface area contributed by atoms with Crippen LogP contribution in [0.15, 0.2) is 47.6 Å². The van der Waals surface area contributed by atoms with Crippen LogP contribution in [0, 0.1) is 0 Å². The third-order valence-electron chi connectivity index (χ3n) is 4.68. The Kier molecular flexibility index (Phi) is 6.99. The fourth-order valence-corrected chi connectivity index (χ4v) is 3.65. The van der Waals surface area contributed by atoms with Gasteiger partial charge in [0.1, 0.15) is 11.5 Å². The van der Waals surface area contributed by atoms with Crippen molar-refractivity contribution < 1.29 is 14.3 Å². The summed E-state index contributed by atoms with van der Waals surface area (Å²) in [5.41, 5.74) is 2.83. The number of nitrogens with one attached hydrogen (secondary N) is 1. The second-order valence-corrected chi connectivity index (χ2v) is 7.99. The van der Waals surface area contributed by atoms with Gasteiger partial charge in [-0.3, -0.25) is 4.79 Å². The largest absolute Gasteiger partial charge is 0.497 e. The molecular weight excluding hydrogens is 400 g/mol.